The first kappa shape index (κ1) is 24.3. The van der Waals surface area contributed by atoms with E-state index in [4.69, 9.17) is 9.72 Å². The highest BCUT2D eigenvalue weighted by Gasteiger charge is 2.26. The minimum absolute atomic E-state index is 0.231. The number of imidazole rings is 1. The van der Waals surface area contributed by atoms with E-state index in [-0.39, 0.29) is 12.3 Å². The second-order valence-electron chi connectivity index (χ2n) is 10.2. The average Bonchev–Trinajstić information content (AvgIpc) is 3.49. The minimum Gasteiger partial charge on any atom is -0.444 e. The number of amides is 2. The number of rotatable bonds is 5. The van der Waals surface area contributed by atoms with E-state index in [1.807, 2.05) is 37.4 Å². The van der Waals surface area contributed by atoms with Crippen LogP contribution in [0.1, 0.15) is 32.0 Å². The van der Waals surface area contributed by atoms with Crippen LogP contribution in [0.5, 0.6) is 0 Å². The van der Waals surface area contributed by atoms with Crippen molar-refractivity contribution in [3.8, 4) is 11.4 Å². The van der Waals surface area contributed by atoms with E-state index in [0.717, 1.165) is 38.8 Å². The Hall–Kier alpha value is -4.40. The molecule has 3 N–H and O–H groups in total. The van der Waals surface area contributed by atoms with Gasteiger partial charge in [0.05, 0.1) is 11.8 Å². The van der Waals surface area contributed by atoms with Gasteiger partial charge in [-0.15, -0.1) is 0 Å². The summed E-state index contributed by atoms with van der Waals surface area (Å²) >= 11 is 0. The maximum absolute atomic E-state index is 13.3. The van der Waals surface area contributed by atoms with Crippen molar-refractivity contribution in [1.29, 1.82) is 0 Å². The van der Waals surface area contributed by atoms with Crippen LogP contribution in [-0.2, 0) is 23.0 Å². The highest BCUT2D eigenvalue weighted by Crippen LogP contribution is 2.38. The molecule has 0 saturated carbocycles. The minimum atomic E-state index is -0.871. The monoisotopic (exact) mass is 498 g/mol. The second kappa shape index (κ2) is 9.24. The number of nitrogens with one attached hydrogen (secondary N) is 3. The Balaban J connectivity index is 1.47. The number of alkyl carbamates (subject to hydrolysis) is 1. The summed E-state index contributed by atoms with van der Waals surface area (Å²) in [6, 6.07) is 13.0. The summed E-state index contributed by atoms with van der Waals surface area (Å²) in [5.41, 5.74) is 4.79. The maximum atomic E-state index is 13.3. The Morgan fingerprint density at radius 1 is 1.14 bits per heavy atom. The van der Waals surface area contributed by atoms with Crippen molar-refractivity contribution in [3.05, 3.63) is 66.2 Å². The number of ether oxygens (including phenoxy) is 1. The lowest BCUT2D eigenvalue weighted by molar-refractivity contribution is -0.118. The van der Waals surface area contributed by atoms with Crippen LogP contribution in [0.15, 0.2) is 55.0 Å². The van der Waals surface area contributed by atoms with Crippen LogP contribution >= 0.6 is 0 Å². The highest BCUT2D eigenvalue weighted by molar-refractivity contribution is 6.06. The molecule has 0 radical (unpaired) electrons. The number of aryl methyl sites for hydroxylation is 2. The van der Waals surface area contributed by atoms with Crippen molar-refractivity contribution >= 4 is 39.5 Å². The lowest BCUT2D eigenvalue weighted by Crippen LogP contribution is -2.47. The van der Waals surface area contributed by atoms with Crippen molar-refractivity contribution in [1.82, 2.24) is 24.8 Å². The molecule has 2 aliphatic rings. The average molecular weight is 499 g/mol. The van der Waals surface area contributed by atoms with Crippen LogP contribution in [0.4, 0.5) is 10.5 Å². The molecule has 37 heavy (non-hydrogen) atoms. The van der Waals surface area contributed by atoms with Gasteiger partial charge in [0.1, 0.15) is 17.5 Å². The van der Waals surface area contributed by atoms with Crippen LogP contribution in [0, 0.1) is 6.92 Å². The highest BCUT2D eigenvalue weighted by atomic mass is 16.6. The molecule has 0 saturated heterocycles. The molecule has 3 heterocycles. The van der Waals surface area contributed by atoms with Gasteiger partial charge in [0.2, 0.25) is 5.91 Å². The van der Waals surface area contributed by atoms with Crippen LogP contribution in [0.2, 0.25) is 0 Å². The molecule has 2 aliphatic heterocycles. The smallest absolute Gasteiger partial charge is 0.408 e. The Labute approximate surface area is 214 Å². The van der Waals surface area contributed by atoms with Gasteiger partial charge in [0, 0.05) is 52.9 Å². The normalized spacial score (nSPS) is 12.7. The molecule has 2 amide bonds. The molecule has 190 valence electrons. The maximum Gasteiger partial charge on any atom is 0.408 e. The summed E-state index contributed by atoms with van der Waals surface area (Å²) < 4.78 is 7.47. The molecule has 0 spiro atoms. The Kier molecular flexibility index (Phi) is 6.07. The van der Waals surface area contributed by atoms with E-state index in [9.17, 15) is 9.59 Å². The number of hydrogen-bond acceptors (Lipinski definition) is 5. The van der Waals surface area contributed by atoms with Crippen molar-refractivity contribution in [2.75, 3.05) is 5.32 Å². The third-order valence-corrected chi connectivity index (χ3v) is 6.33. The zero-order valence-electron chi connectivity index (χ0n) is 21.5. The van der Waals surface area contributed by atoms with Gasteiger partial charge in [0.15, 0.2) is 0 Å². The number of pyridine rings is 1. The first-order valence-electron chi connectivity index (χ1n) is 12.2. The van der Waals surface area contributed by atoms with Gasteiger partial charge >= 0.3 is 6.09 Å². The molecule has 1 aromatic heterocycles. The lowest BCUT2D eigenvalue weighted by Gasteiger charge is -2.23. The first-order chi connectivity index (χ1) is 17.6. The quantitative estimate of drug-likeness (QED) is 0.318. The number of anilines is 1. The molecule has 9 heteroatoms. The van der Waals surface area contributed by atoms with Crippen LogP contribution in [0.25, 0.3) is 33.2 Å². The summed E-state index contributed by atoms with van der Waals surface area (Å²) in [4.78, 5) is 37.7. The number of H-pyrrole nitrogens is 1. The molecule has 2 aromatic carbocycles. The van der Waals surface area contributed by atoms with Gasteiger partial charge < -0.3 is 24.9 Å². The fourth-order valence-corrected chi connectivity index (χ4v) is 4.65. The molecule has 0 aliphatic carbocycles. The molecule has 3 aromatic rings. The van der Waals surface area contributed by atoms with E-state index in [2.05, 4.69) is 44.2 Å². The largest absolute Gasteiger partial charge is 0.444 e. The number of nitrogens with zero attached hydrogens (tertiary/aromatic N) is 3. The van der Waals surface area contributed by atoms with Gasteiger partial charge in [-0.3, -0.25) is 4.79 Å². The van der Waals surface area contributed by atoms with Gasteiger partial charge in [-0.05, 0) is 57.5 Å². The molecule has 0 fully saturated rings. The number of para-hydroxylation sites is 1. The third kappa shape index (κ3) is 4.84. The van der Waals surface area contributed by atoms with Gasteiger partial charge in [-0.25, -0.2) is 14.8 Å². The fraction of sp³-hybridized carbons (Fsp3) is 0.286. The van der Waals surface area contributed by atoms with E-state index < -0.39 is 17.7 Å². The zero-order chi connectivity index (χ0) is 26.3. The Bertz CT molecular complexity index is 1580. The Morgan fingerprint density at radius 3 is 2.65 bits per heavy atom. The zero-order valence-corrected chi connectivity index (χ0v) is 21.5. The third-order valence-electron chi connectivity index (χ3n) is 6.33. The van der Waals surface area contributed by atoms with E-state index in [1.165, 1.54) is 6.33 Å². The lowest BCUT2D eigenvalue weighted by atomic mass is 10.00. The number of benzene rings is 2. The summed E-state index contributed by atoms with van der Waals surface area (Å²) in [6.07, 6.45) is 2.72. The molecule has 1 atom stereocenters. The predicted octanol–water partition coefficient (Wildman–Crippen LogP) is 4.94. The molecule has 0 unspecified atom stereocenters. The van der Waals surface area contributed by atoms with Crippen molar-refractivity contribution < 1.29 is 14.3 Å². The molecule has 9 nitrogen and oxygen atoms in total. The Morgan fingerprint density at radius 2 is 1.92 bits per heavy atom. The van der Waals surface area contributed by atoms with Crippen LogP contribution < -0.4 is 10.6 Å². The number of carbonyl (C=O) groups excluding carboxylic acids is 2. The molecule has 5 rings (SSSR count). The van der Waals surface area contributed by atoms with Crippen molar-refractivity contribution in [2.45, 2.75) is 45.8 Å². The number of fused-ring (bicyclic) bond motifs is 4. The molecular weight excluding hydrogens is 468 g/mol. The van der Waals surface area contributed by atoms with Gasteiger partial charge in [-0.1, -0.05) is 18.2 Å². The number of carbonyl (C=O) groups is 2. The van der Waals surface area contributed by atoms with Gasteiger partial charge in [0.25, 0.3) is 0 Å². The van der Waals surface area contributed by atoms with Crippen molar-refractivity contribution in [2.24, 2.45) is 7.05 Å². The molecule has 0 bridgehead atoms. The van der Waals surface area contributed by atoms with E-state index in [1.54, 1.807) is 27.0 Å². The predicted molar refractivity (Wildman–Crippen MR) is 144 cm³/mol. The van der Waals surface area contributed by atoms with Crippen molar-refractivity contribution in [3.63, 3.8) is 0 Å². The first-order valence-corrected chi connectivity index (χ1v) is 12.2. The van der Waals surface area contributed by atoms with Crippen LogP contribution in [0.3, 0.4) is 0 Å². The SMILES string of the molecule is Cc1c2c3cc(NC(=O)[C@@H](Cc4cnc[nH]4)NC(=O)OC(C)(C)C)ccc3nc-2n(C)c2ccccc12. The summed E-state index contributed by atoms with van der Waals surface area (Å²) in [7, 11) is 2.01. The molecular formula is C28H30N6O3. The van der Waals surface area contributed by atoms with Gasteiger partial charge in [-0.2, -0.15) is 0 Å². The van der Waals surface area contributed by atoms with E-state index >= 15 is 0 Å². The van der Waals surface area contributed by atoms with Crippen LogP contribution in [-0.4, -0.2) is 43.2 Å². The summed E-state index contributed by atoms with van der Waals surface area (Å²) in [5.74, 6) is 0.523. The topological polar surface area (TPSA) is 114 Å². The number of aromatic amines is 1. The number of hydrogen-bond donors (Lipinski definition) is 3. The standard InChI is InChI=1S/C28H30N6O3/c1-16-19-8-6-7-9-23(19)34(5)25-24(16)20-12-17(10-11-21(20)32-25)31-26(35)22(13-18-14-29-15-30-18)33-27(36)37-28(2,3)4/h6-12,14-15,22H,13H2,1-5H3,(H,29,30)(H,31,35)(H,33,36)/t22-/m1/s1. The fourth-order valence-electron chi connectivity index (χ4n) is 4.65. The van der Waals surface area contributed by atoms with E-state index in [0.29, 0.717) is 11.4 Å². The summed E-state index contributed by atoms with van der Waals surface area (Å²) in [5, 5.41) is 7.77. The number of aromatic nitrogens is 4. The second-order valence-corrected chi connectivity index (χ2v) is 10.2. The summed E-state index contributed by atoms with van der Waals surface area (Å²) in [6.45, 7) is 7.42.